The van der Waals surface area contributed by atoms with E-state index in [4.69, 9.17) is 10.8 Å². The standard InChI is InChI=1S/C10H23N3O/c1-7(2)6-12-10(11)13-8(3)5-9(4)14/h7-9,14H,5-6H2,1-4H3,(H3,11,12,13). The SMILES string of the molecule is CC(C)CN=C(N)NC(C)CC(C)O. The molecule has 4 nitrogen and oxygen atoms in total. The number of aliphatic hydroxyl groups excluding tert-OH is 1. The van der Waals surface area contributed by atoms with Crippen LogP contribution in [0.4, 0.5) is 0 Å². The zero-order valence-electron chi connectivity index (χ0n) is 9.62. The molecule has 0 aliphatic carbocycles. The quantitative estimate of drug-likeness (QED) is 0.453. The van der Waals surface area contributed by atoms with Crippen LogP contribution in [-0.4, -0.2) is 29.8 Å². The van der Waals surface area contributed by atoms with Crippen LogP contribution in [0.25, 0.3) is 0 Å². The van der Waals surface area contributed by atoms with Crippen LogP contribution >= 0.6 is 0 Å². The van der Waals surface area contributed by atoms with E-state index >= 15 is 0 Å². The van der Waals surface area contributed by atoms with Gasteiger partial charge in [0.25, 0.3) is 0 Å². The van der Waals surface area contributed by atoms with Crippen LogP contribution in [0.2, 0.25) is 0 Å². The first-order chi connectivity index (χ1) is 6.41. The highest BCUT2D eigenvalue weighted by atomic mass is 16.3. The van der Waals surface area contributed by atoms with Crippen molar-refractivity contribution in [3.8, 4) is 0 Å². The highest BCUT2D eigenvalue weighted by molar-refractivity contribution is 5.78. The summed E-state index contributed by atoms with van der Waals surface area (Å²) in [6.07, 6.45) is 0.369. The van der Waals surface area contributed by atoms with E-state index in [1.165, 1.54) is 0 Å². The number of guanidine groups is 1. The summed E-state index contributed by atoms with van der Waals surface area (Å²) < 4.78 is 0. The summed E-state index contributed by atoms with van der Waals surface area (Å²) in [7, 11) is 0. The molecule has 0 aromatic carbocycles. The molecule has 0 saturated heterocycles. The first-order valence-electron chi connectivity index (χ1n) is 5.16. The number of rotatable bonds is 5. The van der Waals surface area contributed by atoms with Gasteiger partial charge in [-0.3, -0.25) is 4.99 Å². The maximum absolute atomic E-state index is 9.13. The van der Waals surface area contributed by atoms with Gasteiger partial charge in [-0.15, -0.1) is 0 Å². The summed E-state index contributed by atoms with van der Waals surface area (Å²) in [5.74, 6) is 0.981. The van der Waals surface area contributed by atoms with Crippen LogP contribution in [0.3, 0.4) is 0 Å². The lowest BCUT2D eigenvalue weighted by Gasteiger charge is -2.16. The molecule has 0 aromatic rings. The van der Waals surface area contributed by atoms with Crippen molar-refractivity contribution < 1.29 is 5.11 Å². The van der Waals surface area contributed by atoms with Crippen LogP contribution in [-0.2, 0) is 0 Å². The van der Waals surface area contributed by atoms with E-state index in [2.05, 4.69) is 24.2 Å². The Bertz CT molecular complexity index is 178. The molecule has 0 spiro atoms. The van der Waals surface area contributed by atoms with Crippen LogP contribution in [0.1, 0.15) is 34.1 Å². The third-order valence-electron chi connectivity index (χ3n) is 1.72. The van der Waals surface area contributed by atoms with E-state index in [0.717, 1.165) is 6.54 Å². The third-order valence-corrected chi connectivity index (χ3v) is 1.72. The molecular formula is C10H23N3O. The monoisotopic (exact) mass is 201 g/mol. The molecule has 0 aromatic heterocycles. The van der Waals surface area contributed by atoms with Gasteiger partial charge in [-0.05, 0) is 26.2 Å². The average Bonchev–Trinajstić information content (AvgIpc) is 1.98. The van der Waals surface area contributed by atoms with E-state index in [-0.39, 0.29) is 12.1 Å². The van der Waals surface area contributed by atoms with E-state index < -0.39 is 0 Å². The minimum atomic E-state index is -0.310. The number of nitrogens with two attached hydrogens (primary N) is 1. The van der Waals surface area contributed by atoms with Gasteiger partial charge in [0.1, 0.15) is 0 Å². The molecule has 0 bridgehead atoms. The van der Waals surface area contributed by atoms with Crippen molar-refractivity contribution in [2.45, 2.75) is 46.3 Å². The number of aliphatic hydroxyl groups is 1. The van der Waals surface area contributed by atoms with Crippen LogP contribution in [0, 0.1) is 5.92 Å². The van der Waals surface area contributed by atoms with Gasteiger partial charge in [0.2, 0.25) is 0 Å². The molecule has 0 radical (unpaired) electrons. The molecular weight excluding hydrogens is 178 g/mol. The van der Waals surface area contributed by atoms with Gasteiger partial charge in [0, 0.05) is 12.6 Å². The Balaban J connectivity index is 3.80. The summed E-state index contributed by atoms with van der Waals surface area (Å²) in [5.41, 5.74) is 5.66. The minimum absolute atomic E-state index is 0.158. The largest absolute Gasteiger partial charge is 0.393 e. The van der Waals surface area contributed by atoms with E-state index in [1.54, 1.807) is 6.92 Å². The average molecular weight is 201 g/mol. The lowest BCUT2D eigenvalue weighted by atomic mass is 10.2. The van der Waals surface area contributed by atoms with Gasteiger partial charge in [0.05, 0.1) is 6.10 Å². The van der Waals surface area contributed by atoms with Gasteiger partial charge in [-0.25, -0.2) is 0 Å². The summed E-state index contributed by atoms with van der Waals surface area (Å²) in [5, 5.41) is 12.2. The smallest absolute Gasteiger partial charge is 0.188 e. The Hall–Kier alpha value is -0.770. The van der Waals surface area contributed by atoms with Gasteiger partial charge in [0.15, 0.2) is 5.96 Å². The highest BCUT2D eigenvalue weighted by Gasteiger charge is 2.06. The number of nitrogens with one attached hydrogen (secondary N) is 1. The Morgan fingerprint density at radius 3 is 2.36 bits per heavy atom. The molecule has 2 atom stereocenters. The molecule has 0 aliphatic heterocycles. The van der Waals surface area contributed by atoms with Crippen molar-refractivity contribution >= 4 is 5.96 Å². The fraction of sp³-hybridized carbons (Fsp3) is 0.900. The fourth-order valence-electron chi connectivity index (χ4n) is 1.15. The zero-order chi connectivity index (χ0) is 11.1. The van der Waals surface area contributed by atoms with Gasteiger partial charge >= 0.3 is 0 Å². The van der Waals surface area contributed by atoms with Gasteiger partial charge < -0.3 is 16.2 Å². The zero-order valence-corrected chi connectivity index (χ0v) is 9.62. The lowest BCUT2D eigenvalue weighted by Crippen LogP contribution is -2.40. The molecule has 0 rings (SSSR count). The van der Waals surface area contributed by atoms with Crippen LogP contribution in [0.5, 0.6) is 0 Å². The molecule has 0 amide bonds. The van der Waals surface area contributed by atoms with Crippen molar-refractivity contribution in [2.24, 2.45) is 16.6 Å². The van der Waals surface area contributed by atoms with Crippen molar-refractivity contribution in [1.29, 1.82) is 0 Å². The summed E-state index contributed by atoms with van der Waals surface area (Å²) in [6, 6.07) is 0.158. The molecule has 84 valence electrons. The van der Waals surface area contributed by atoms with Crippen LogP contribution in [0.15, 0.2) is 4.99 Å². The number of hydrogen-bond donors (Lipinski definition) is 3. The summed E-state index contributed by atoms with van der Waals surface area (Å²) in [6.45, 7) is 8.66. The van der Waals surface area contributed by atoms with E-state index in [1.807, 2.05) is 6.92 Å². The molecule has 0 heterocycles. The Morgan fingerprint density at radius 2 is 1.93 bits per heavy atom. The van der Waals surface area contributed by atoms with Gasteiger partial charge in [-0.2, -0.15) is 0 Å². The predicted molar refractivity (Wildman–Crippen MR) is 60.2 cm³/mol. The normalized spacial score (nSPS) is 16.9. The Kier molecular flexibility index (Phi) is 6.28. The molecule has 0 saturated carbocycles. The van der Waals surface area contributed by atoms with Crippen molar-refractivity contribution in [2.75, 3.05) is 6.54 Å². The molecule has 2 unspecified atom stereocenters. The molecule has 14 heavy (non-hydrogen) atoms. The second-order valence-electron chi connectivity index (χ2n) is 4.25. The molecule has 4 heteroatoms. The molecule has 0 aliphatic rings. The fourth-order valence-corrected chi connectivity index (χ4v) is 1.15. The maximum atomic E-state index is 9.13. The highest BCUT2D eigenvalue weighted by Crippen LogP contribution is 1.96. The van der Waals surface area contributed by atoms with E-state index in [9.17, 15) is 0 Å². The Labute approximate surface area is 86.6 Å². The topological polar surface area (TPSA) is 70.6 Å². The van der Waals surface area contributed by atoms with Gasteiger partial charge in [-0.1, -0.05) is 13.8 Å². The number of nitrogens with zero attached hydrogens (tertiary/aromatic N) is 1. The Morgan fingerprint density at radius 1 is 1.36 bits per heavy atom. The first-order valence-corrected chi connectivity index (χ1v) is 5.16. The first kappa shape index (κ1) is 13.2. The lowest BCUT2D eigenvalue weighted by molar-refractivity contribution is 0.174. The number of aliphatic imine (C=N–C) groups is 1. The number of hydrogen-bond acceptors (Lipinski definition) is 2. The summed E-state index contributed by atoms with van der Waals surface area (Å²) in [4.78, 5) is 4.17. The van der Waals surface area contributed by atoms with Crippen molar-refractivity contribution in [3.05, 3.63) is 0 Å². The maximum Gasteiger partial charge on any atom is 0.188 e. The third kappa shape index (κ3) is 7.86. The van der Waals surface area contributed by atoms with E-state index in [0.29, 0.717) is 18.3 Å². The van der Waals surface area contributed by atoms with Crippen molar-refractivity contribution in [3.63, 3.8) is 0 Å². The second-order valence-corrected chi connectivity index (χ2v) is 4.25. The minimum Gasteiger partial charge on any atom is -0.393 e. The summed E-state index contributed by atoms with van der Waals surface area (Å²) >= 11 is 0. The van der Waals surface area contributed by atoms with Crippen LogP contribution < -0.4 is 11.1 Å². The van der Waals surface area contributed by atoms with Crippen molar-refractivity contribution in [1.82, 2.24) is 5.32 Å². The molecule has 0 fully saturated rings. The second kappa shape index (κ2) is 6.65. The predicted octanol–water partition coefficient (Wildman–Crippen LogP) is 0.706. The molecule has 4 N–H and O–H groups in total.